The van der Waals surface area contributed by atoms with E-state index in [4.69, 9.17) is 4.74 Å². The maximum Gasteiger partial charge on any atom is 0.0752 e. The SMILES string of the molecule is CNC1CCN(c2cnn(CCOC)c2)CC1. The minimum atomic E-state index is 0.676. The third-order valence-electron chi connectivity index (χ3n) is 3.41. The number of aromatic nitrogens is 2. The second-order valence-corrected chi connectivity index (χ2v) is 4.50. The van der Waals surface area contributed by atoms with Gasteiger partial charge in [0.1, 0.15) is 0 Å². The summed E-state index contributed by atoms with van der Waals surface area (Å²) in [4.78, 5) is 2.41. The van der Waals surface area contributed by atoms with Crippen LogP contribution < -0.4 is 10.2 Å². The number of hydrogen-bond acceptors (Lipinski definition) is 4. The van der Waals surface area contributed by atoms with E-state index in [0.717, 1.165) is 19.6 Å². The first-order valence-electron chi connectivity index (χ1n) is 6.27. The van der Waals surface area contributed by atoms with Crippen molar-refractivity contribution in [1.82, 2.24) is 15.1 Å². The monoisotopic (exact) mass is 238 g/mol. The number of methoxy groups -OCH3 is 1. The average molecular weight is 238 g/mol. The Bertz CT molecular complexity index is 331. The second-order valence-electron chi connectivity index (χ2n) is 4.50. The molecule has 0 aliphatic carbocycles. The van der Waals surface area contributed by atoms with Gasteiger partial charge in [-0.1, -0.05) is 0 Å². The minimum Gasteiger partial charge on any atom is -0.383 e. The van der Waals surface area contributed by atoms with Crippen molar-refractivity contribution in [2.75, 3.05) is 38.8 Å². The molecule has 0 atom stereocenters. The van der Waals surface area contributed by atoms with Gasteiger partial charge in [0.15, 0.2) is 0 Å². The maximum atomic E-state index is 5.05. The van der Waals surface area contributed by atoms with Crippen LogP contribution >= 0.6 is 0 Å². The van der Waals surface area contributed by atoms with Crippen molar-refractivity contribution in [2.45, 2.75) is 25.4 Å². The largest absolute Gasteiger partial charge is 0.383 e. The molecule has 1 N–H and O–H groups in total. The highest BCUT2D eigenvalue weighted by Gasteiger charge is 2.18. The lowest BCUT2D eigenvalue weighted by Crippen LogP contribution is -2.41. The zero-order valence-electron chi connectivity index (χ0n) is 10.7. The number of anilines is 1. The van der Waals surface area contributed by atoms with Gasteiger partial charge in [0.05, 0.1) is 25.0 Å². The molecule has 0 bridgehead atoms. The molecule has 1 fully saturated rings. The zero-order chi connectivity index (χ0) is 12.1. The van der Waals surface area contributed by atoms with Crippen molar-refractivity contribution in [2.24, 2.45) is 0 Å². The summed E-state index contributed by atoms with van der Waals surface area (Å²) < 4.78 is 6.99. The Morgan fingerprint density at radius 3 is 2.88 bits per heavy atom. The molecule has 17 heavy (non-hydrogen) atoms. The molecule has 5 heteroatoms. The lowest BCUT2D eigenvalue weighted by atomic mass is 10.1. The van der Waals surface area contributed by atoms with Gasteiger partial charge in [0.2, 0.25) is 0 Å². The molecule has 2 rings (SSSR count). The molecule has 0 spiro atoms. The van der Waals surface area contributed by atoms with Crippen molar-refractivity contribution in [3.05, 3.63) is 12.4 Å². The van der Waals surface area contributed by atoms with E-state index in [-0.39, 0.29) is 0 Å². The average Bonchev–Trinajstić information content (AvgIpc) is 2.85. The summed E-state index contributed by atoms with van der Waals surface area (Å²) in [5, 5.41) is 7.69. The Hall–Kier alpha value is -1.07. The first kappa shape index (κ1) is 12.4. The number of piperidine rings is 1. The summed E-state index contributed by atoms with van der Waals surface area (Å²) in [6.07, 6.45) is 6.48. The fraction of sp³-hybridized carbons (Fsp3) is 0.750. The van der Waals surface area contributed by atoms with E-state index in [1.54, 1.807) is 7.11 Å². The normalized spacial score (nSPS) is 17.6. The minimum absolute atomic E-state index is 0.676. The van der Waals surface area contributed by atoms with E-state index < -0.39 is 0 Å². The Morgan fingerprint density at radius 2 is 2.24 bits per heavy atom. The Balaban J connectivity index is 1.87. The van der Waals surface area contributed by atoms with E-state index in [0.29, 0.717) is 12.6 Å². The lowest BCUT2D eigenvalue weighted by molar-refractivity contribution is 0.183. The topological polar surface area (TPSA) is 42.3 Å². The molecule has 0 amide bonds. The Morgan fingerprint density at radius 1 is 1.47 bits per heavy atom. The quantitative estimate of drug-likeness (QED) is 0.820. The van der Waals surface area contributed by atoms with Crippen molar-refractivity contribution in [3.63, 3.8) is 0 Å². The summed E-state index contributed by atoms with van der Waals surface area (Å²) in [7, 11) is 3.76. The van der Waals surface area contributed by atoms with Gasteiger partial charge in [-0.25, -0.2) is 0 Å². The van der Waals surface area contributed by atoms with E-state index in [1.807, 2.05) is 17.9 Å². The van der Waals surface area contributed by atoms with Crippen molar-refractivity contribution < 1.29 is 4.74 Å². The standard InChI is InChI=1S/C12H22N4O/c1-13-11-3-5-15(6-4-11)12-9-14-16(10-12)7-8-17-2/h9-11,13H,3-8H2,1-2H3. The molecule has 1 aliphatic heterocycles. The van der Waals surface area contributed by atoms with Gasteiger partial charge in [-0.05, 0) is 19.9 Å². The molecule has 0 radical (unpaired) electrons. The highest BCUT2D eigenvalue weighted by molar-refractivity contribution is 5.42. The predicted octanol–water partition coefficient (Wildman–Crippen LogP) is 0.718. The van der Waals surface area contributed by atoms with E-state index >= 15 is 0 Å². The molecule has 2 heterocycles. The van der Waals surface area contributed by atoms with Gasteiger partial charge in [-0.15, -0.1) is 0 Å². The summed E-state index contributed by atoms with van der Waals surface area (Å²) >= 11 is 0. The van der Waals surface area contributed by atoms with Gasteiger partial charge in [0.25, 0.3) is 0 Å². The molecular weight excluding hydrogens is 216 g/mol. The van der Waals surface area contributed by atoms with E-state index in [9.17, 15) is 0 Å². The van der Waals surface area contributed by atoms with Gasteiger partial charge >= 0.3 is 0 Å². The summed E-state index contributed by atoms with van der Waals surface area (Å²) in [6.45, 7) is 3.76. The van der Waals surface area contributed by atoms with Crippen LogP contribution in [-0.4, -0.2) is 49.7 Å². The van der Waals surface area contributed by atoms with Gasteiger partial charge in [0, 0.05) is 32.4 Å². The van der Waals surface area contributed by atoms with Crippen LogP contribution in [-0.2, 0) is 11.3 Å². The van der Waals surface area contributed by atoms with Crippen molar-refractivity contribution in [3.8, 4) is 0 Å². The van der Waals surface area contributed by atoms with Gasteiger partial charge in [-0.2, -0.15) is 5.10 Å². The third kappa shape index (κ3) is 3.20. The molecule has 1 aliphatic rings. The molecule has 0 aromatic carbocycles. The fourth-order valence-corrected chi connectivity index (χ4v) is 2.25. The van der Waals surface area contributed by atoms with Crippen LogP contribution in [0.3, 0.4) is 0 Å². The van der Waals surface area contributed by atoms with Gasteiger partial charge < -0.3 is 15.0 Å². The van der Waals surface area contributed by atoms with Crippen molar-refractivity contribution >= 4 is 5.69 Å². The molecule has 1 aromatic rings. The molecule has 1 saturated heterocycles. The number of ether oxygens (including phenoxy) is 1. The fourth-order valence-electron chi connectivity index (χ4n) is 2.25. The first-order chi connectivity index (χ1) is 8.33. The van der Waals surface area contributed by atoms with Crippen LogP contribution in [0.2, 0.25) is 0 Å². The van der Waals surface area contributed by atoms with E-state index in [1.165, 1.54) is 18.5 Å². The summed E-state index contributed by atoms with van der Waals surface area (Å²) in [5.74, 6) is 0. The predicted molar refractivity (Wildman–Crippen MR) is 68.4 cm³/mol. The molecular formula is C12H22N4O. The van der Waals surface area contributed by atoms with Crippen LogP contribution in [0.1, 0.15) is 12.8 Å². The van der Waals surface area contributed by atoms with Crippen LogP contribution in [0, 0.1) is 0 Å². The number of nitrogens with zero attached hydrogens (tertiary/aromatic N) is 3. The van der Waals surface area contributed by atoms with Gasteiger partial charge in [-0.3, -0.25) is 4.68 Å². The maximum absolute atomic E-state index is 5.05. The smallest absolute Gasteiger partial charge is 0.0752 e. The van der Waals surface area contributed by atoms with Crippen molar-refractivity contribution in [1.29, 1.82) is 0 Å². The highest BCUT2D eigenvalue weighted by atomic mass is 16.5. The Kier molecular flexibility index (Phi) is 4.39. The summed E-state index contributed by atoms with van der Waals surface area (Å²) in [5.41, 5.74) is 1.23. The Labute approximate surface area is 103 Å². The molecule has 1 aromatic heterocycles. The summed E-state index contributed by atoms with van der Waals surface area (Å²) in [6, 6.07) is 0.676. The molecule has 96 valence electrons. The molecule has 5 nitrogen and oxygen atoms in total. The zero-order valence-corrected chi connectivity index (χ0v) is 10.7. The van der Waals surface area contributed by atoms with Crippen LogP contribution in [0.15, 0.2) is 12.4 Å². The lowest BCUT2D eigenvalue weighted by Gasteiger charge is -2.32. The number of rotatable bonds is 5. The van der Waals surface area contributed by atoms with E-state index in [2.05, 4.69) is 21.5 Å². The second kappa shape index (κ2) is 6.02. The number of hydrogen-bond donors (Lipinski definition) is 1. The number of nitrogens with one attached hydrogen (secondary N) is 1. The van der Waals surface area contributed by atoms with Crippen LogP contribution in [0.4, 0.5) is 5.69 Å². The molecule has 0 unspecified atom stereocenters. The first-order valence-corrected chi connectivity index (χ1v) is 6.27. The van der Waals surface area contributed by atoms with Crippen LogP contribution in [0.5, 0.6) is 0 Å². The van der Waals surface area contributed by atoms with Crippen LogP contribution in [0.25, 0.3) is 0 Å². The highest BCUT2D eigenvalue weighted by Crippen LogP contribution is 2.18. The molecule has 0 saturated carbocycles. The third-order valence-corrected chi connectivity index (χ3v) is 3.41.